The zero-order chi connectivity index (χ0) is 20.8. The number of carbonyl (C=O) groups is 1. The minimum absolute atomic E-state index is 0.0958. The van der Waals surface area contributed by atoms with E-state index in [-0.39, 0.29) is 5.91 Å². The van der Waals surface area contributed by atoms with Crippen molar-refractivity contribution in [3.8, 4) is 0 Å². The van der Waals surface area contributed by atoms with E-state index in [1.165, 1.54) is 0 Å². The Bertz CT molecular complexity index is 817. The summed E-state index contributed by atoms with van der Waals surface area (Å²) in [7, 11) is 1.77. The number of furan rings is 1. The van der Waals surface area contributed by atoms with Crippen LogP contribution < -0.4 is 4.90 Å². The number of rotatable bonds is 8. The van der Waals surface area contributed by atoms with Gasteiger partial charge in [0.15, 0.2) is 10.9 Å². The number of piperazine rings is 1. The molecule has 0 saturated carbocycles. The summed E-state index contributed by atoms with van der Waals surface area (Å²) in [5.41, 5.74) is 1.05. The van der Waals surface area contributed by atoms with Crippen molar-refractivity contribution in [2.75, 3.05) is 51.2 Å². The maximum absolute atomic E-state index is 12.2. The van der Waals surface area contributed by atoms with Gasteiger partial charge in [-0.1, -0.05) is 25.6 Å². The molecule has 1 amide bonds. The fourth-order valence-electron chi connectivity index (χ4n) is 3.20. The van der Waals surface area contributed by atoms with Gasteiger partial charge in [-0.2, -0.15) is 0 Å². The van der Waals surface area contributed by atoms with Crippen molar-refractivity contribution in [1.82, 2.24) is 19.8 Å². The molecule has 0 spiro atoms. The molecule has 0 aliphatic carbocycles. The van der Waals surface area contributed by atoms with Crippen molar-refractivity contribution in [1.29, 1.82) is 0 Å². The van der Waals surface area contributed by atoms with Crippen molar-refractivity contribution in [2.45, 2.75) is 38.1 Å². The standard InChI is InChI=1S/C21H31N5O2S/c1-5-16-14-19(26-12-10-25(7-3)11-13-26)23-21(22-16)29-15-17-8-9-18(28-17)20(27)24(4)6-2/h8-9,14H,5-7,10-13,15H2,1-4H3. The van der Waals surface area contributed by atoms with E-state index in [2.05, 4.69) is 34.7 Å². The molecule has 1 aliphatic rings. The molecule has 1 fully saturated rings. The molecule has 0 atom stereocenters. The van der Waals surface area contributed by atoms with E-state index < -0.39 is 0 Å². The lowest BCUT2D eigenvalue weighted by Gasteiger charge is -2.34. The third-order valence-electron chi connectivity index (χ3n) is 5.29. The van der Waals surface area contributed by atoms with Crippen molar-refractivity contribution in [2.24, 2.45) is 0 Å². The van der Waals surface area contributed by atoms with E-state index in [1.807, 2.05) is 13.0 Å². The van der Waals surface area contributed by atoms with Crippen LogP contribution in [0.25, 0.3) is 0 Å². The highest BCUT2D eigenvalue weighted by molar-refractivity contribution is 7.98. The summed E-state index contributed by atoms with van der Waals surface area (Å²) >= 11 is 1.55. The van der Waals surface area contributed by atoms with Gasteiger partial charge in [-0.05, 0) is 32.0 Å². The van der Waals surface area contributed by atoms with Crippen LogP contribution in [0.4, 0.5) is 5.82 Å². The van der Waals surface area contributed by atoms with Gasteiger partial charge >= 0.3 is 0 Å². The van der Waals surface area contributed by atoms with Gasteiger partial charge in [0, 0.05) is 51.5 Å². The number of anilines is 1. The Kier molecular flexibility index (Phi) is 7.55. The SMILES string of the molecule is CCc1cc(N2CCN(CC)CC2)nc(SCc2ccc(C(=O)N(C)CC)o2)n1. The fourth-order valence-corrected chi connectivity index (χ4v) is 3.96. The van der Waals surface area contributed by atoms with Crippen LogP contribution in [0.15, 0.2) is 27.8 Å². The first-order valence-electron chi connectivity index (χ1n) is 10.4. The van der Waals surface area contributed by atoms with Crippen molar-refractivity contribution >= 4 is 23.5 Å². The largest absolute Gasteiger partial charge is 0.455 e. The van der Waals surface area contributed by atoms with Gasteiger partial charge in [0.1, 0.15) is 11.6 Å². The van der Waals surface area contributed by atoms with Crippen LogP contribution in [0, 0.1) is 0 Å². The first-order chi connectivity index (χ1) is 14.0. The number of thioether (sulfide) groups is 1. The Labute approximate surface area is 177 Å². The third kappa shape index (κ3) is 5.51. The van der Waals surface area contributed by atoms with Crippen LogP contribution in [0.5, 0.6) is 0 Å². The summed E-state index contributed by atoms with van der Waals surface area (Å²) in [6.45, 7) is 12.1. The second-order valence-electron chi connectivity index (χ2n) is 7.15. The molecule has 29 heavy (non-hydrogen) atoms. The zero-order valence-electron chi connectivity index (χ0n) is 17.8. The van der Waals surface area contributed by atoms with E-state index >= 15 is 0 Å². The molecule has 158 valence electrons. The van der Waals surface area contributed by atoms with Gasteiger partial charge in [-0.25, -0.2) is 9.97 Å². The number of nitrogens with zero attached hydrogens (tertiary/aromatic N) is 5. The maximum Gasteiger partial charge on any atom is 0.289 e. The van der Waals surface area contributed by atoms with E-state index in [9.17, 15) is 4.79 Å². The van der Waals surface area contributed by atoms with Crippen LogP contribution in [-0.4, -0.2) is 72.0 Å². The highest BCUT2D eigenvalue weighted by atomic mass is 32.2. The lowest BCUT2D eigenvalue weighted by Crippen LogP contribution is -2.46. The molecule has 0 radical (unpaired) electrons. The first-order valence-corrected chi connectivity index (χ1v) is 11.3. The number of amides is 1. The van der Waals surface area contributed by atoms with Gasteiger partial charge in [0.2, 0.25) is 0 Å². The molecule has 8 heteroatoms. The Hall–Kier alpha value is -2.06. The molecular formula is C21H31N5O2S. The topological polar surface area (TPSA) is 65.7 Å². The zero-order valence-corrected chi connectivity index (χ0v) is 18.7. The quantitative estimate of drug-likeness (QED) is 0.483. The van der Waals surface area contributed by atoms with Crippen molar-refractivity contribution in [3.63, 3.8) is 0 Å². The number of carbonyl (C=O) groups excluding carboxylic acids is 1. The number of hydrogen-bond donors (Lipinski definition) is 0. The third-order valence-corrected chi connectivity index (χ3v) is 6.16. The van der Waals surface area contributed by atoms with Crippen LogP contribution in [-0.2, 0) is 12.2 Å². The van der Waals surface area contributed by atoms with Crippen LogP contribution in [0.2, 0.25) is 0 Å². The normalized spacial score (nSPS) is 15.0. The number of aryl methyl sites for hydroxylation is 1. The highest BCUT2D eigenvalue weighted by Crippen LogP contribution is 2.25. The van der Waals surface area contributed by atoms with Crippen LogP contribution >= 0.6 is 11.8 Å². The Morgan fingerprint density at radius 1 is 1.17 bits per heavy atom. The molecule has 2 aromatic heterocycles. The summed E-state index contributed by atoms with van der Waals surface area (Å²) in [5, 5.41) is 0.757. The van der Waals surface area contributed by atoms with Crippen molar-refractivity contribution < 1.29 is 9.21 Å². The van der Waals surface area contributed by atoms with Gasteiger partial charge in [-0.15, -0.1) is 0 Å². The molecule has 7 nitrogen and oxygen atoms in total. The molecule has 3 rings (SSSR count). The molecule has 0 unspecified atom stereocenters. The Morgan fingerprint density at radius 3 is 2.59 bits per heavy atom. The summed E-state index contributed by atoms with van der Waals surface area (Å²) < 4.78 is 5.73. The van der Waals surface area contributed by atoms with E-state index in [0.717, 1.165) is 61.6 Å². The second-order valence-corrected chi connectivity index (χ2v) is 8.09. The second kappa shape index (κ2) is 10.1. The summed E-state index contributed by atoms with van der Waals surface area (Å²) in [6, 6.07) is 5.71. The molecule has 1 saturated heterocycles. The lowest BCUT2D eigenvalue weighted by molar-refractivity contribution is 0.0769. The van der Waals surface area contributed by atoms with E-state index in [4.69, 9.17) is 9.40 Å². The molecule has 3 heterocycles. The van der Waals surface area contributed by atoms with E-state index in [0.29, 0.717) is 18.1 Å². The molecule has 2 aromatic rings. The van der Waals surface area contributed by atoms with Gasteiger partial charge in [0.05, 0.1) is 5.75 Å². The predicted molar refractivity (Wildman–Crippen MR) is 117 cm³/mol. The Morgan fingerprint density at radius 2 is 1.93 bits per heavy atom. The summed E-state index contributed by atoms with van der Waals surface area (Å²) in [6.07, 6.45) is 0.876. The maximum atomic E-state index is 12.2. The fraction of sp³-hybridized carbons (Fsp3) is 0.571. The van der Waals surface area contributed by atoms with Crippen LogP contribution in [0.3, 0.4) is 0 Å². The van der Waals surface area contributed by atoms with Gasteiger partial charge in [0.25, 0.3) is 5.91 Å². The molecular weight excluding hydrogens is 386 g/mol. The number of aromatic nitrogens is 2. The van der Waals surface area contributed by atoms with E-state index in [1.54, 1.807) is 29.8 Å². The first kappa shape index (κ1) is 21.6. The minimum atomic E-state index is -0.0958. The van der Waals surface area contributed by atoms with Gasteiger partial charge in [-0.3, -0.25) is 4.79 Å². The van der Waals surface area contributed by atoms with Crippen molar-refractivity contribution in [3.05, 3.63) is 35.4 Å². The van der Waals surface area contributed by atoms with Gasteiger partial charge < -0.3 is 19.1 Å². The highest BCUT2D eigenvalue weighted by Gasteiger charge is 2.19. The smallest absolute Gasteiger partial charge is 0.289 e. The molecule has 0 N–H and O–H groups in total. The monoisotopic (exact) mass is 417 g/mol. The molecule has 0 aromatic carbocycles. The molecule has 1 aliphatic heterocycles. The average molecular weight is 418 g/mol. The lowest BCUT2D eigenvalue weighted by atomic mass is 10.2. The summed E-state index contributed by atoms with van der Waals surface area (Å²) in [4.78, 5) is 28.1. The minimum Gasteiger partial charge on any atom is -0.455 e. The number of hydrogen-bond acceptors (Lipinski definition) is 7. The molecule has 0 bridgehead atoms. The average Bonchev–Trinajstić information content (AvgIpc) is 3.25. The summed E-state index contributed by atoms with van der Waals surface area (Å²) in [5.74, 6) is 2.64. The predicted octanol–water partition coefficient (Wildman–Crippen LogP) is 3.16. The Balaban J connectivity index is 1.67. The number of likely N-dealkylation sites (N-methyl/N-ethyl adjacent to an activating group) is 1. The van der Waals surface area contributed by atoms with Crippen LogP contribution in [0.1, 0.15) is 42.8 Å².